The zero-order valence-corrected chi connectivity index (χ0v) is 15.8. The molecule has 1 rings (SSSR count). The maximum atomic E-state index is 12.6. The fourth-order valence-corrected chi connectivity index (χ4v) is 3.66. The summed E-state index contributed by atoms with van der Waals surface area (Å²) in [4.78, 5) is 29.3. The number of carbonyl (C=O) groups is 2. The van der Waals surface area contributed by atoms with Gasteiger partial charge in [-0.15, -0.1) is 0 Å². The first-order valence-electron chi connectivity index (χ1n) is 7.88. The van der Waals surface area contributed by atoms with Crippen LogP contribution in [-0.4, -0.2) is 86.8 Å². The van der Waals surface area contributed by atoms with Gasteiger partial charge in [-0.25, -0.2) is 13.2 Å². The predicted molar refractivity (Wildman–Crippen MR) is 89.9 cm³/mol. The predicted octanol–water partition coefficient (Wildman–Crippen LogP) is 0.660. The molecule has 134 valence electrons. The Bertz CT molecular complexity index is 539. The van der Waals surface area contributed by atoms with E-state index >= 15 is 0 Å². The second-order valence-electron chi connectivity index (χ2n) is 6.66. The molecule has 1 aliphatic heterocycles. The lowest BCUT2D eigenvalue weighted by Crippen LogP contribution is -2.50. The highest BCUT2D eigenvalue weighted by Crippen LogP contribution is 2.22. The van der Waals surface area contributed by atoms with Crippen LogP contribution in [0.5, 0.6) is 0 Å². The molecular formula is C15H29N3O4S. The van der Waals surface area contributed by atoms with E-state index in [9.17, 15) is 18.0 Å². The first-order chi connectivity index (χ1) is 10.5. The fourth-order valence-electron chi connectivity index (χ4n) is 2.76. The van der Waals surface area contributed by atoms with Crippen LogP contribution >= 0.6 is 0 Å². The van der Waals surface area contributed by atoms with Gasteiger partial charge in [-0.3, -0.25) is 4.79 Å². The monoisotopic (exact) mass is 347 g/mol. The molecule has 0 saturated carbocycles. The first-order valence-corrected chi connectivity index (χ1v) is 9.84. The van der Waals surface area contributed by atoms with E-state index < -0.39 is 15.1 Å². The van der Waals surface area contributed by atoms with Crippen LogP contribution in [0, 0.1) is 5.92 Å². The van der Waals surface area contributed by atoms with Crippen molar-refractivity contribution in [2.24, 2.45) is 5.92 Å². The highest BCUT2D eigenvalue weighted by molar-refractivity contribution is 7.91. The Kier molecular flexibility index (Phi) is 6.44. The minimum absolute atomic E-state index is 0.0371. The average Bonchev–Trinajstić information content (AvgIpc) is 2.50. The van der Waals surface area contributed by atoms with Gasteiger partial charge >= 0.3 is 6.03 Å². The van der Waals surface area contributed by atoms with E-state index in [2.05, 4.69) is 0 Å². The standard InChI is InChI=1S/C15H29N3O4S/c1-11(12(2)23(6,21)22)17(5)14(19)13-7-9-18(10-8-13)15(20)16(3)4/h11-13H,7-10H2,1-6H3. The fraction of sp³-hybridized carbons (Fsp3) is 0.867. The summed E-state index contributed by atoms with van der Waals surface area (Å²) < 4.78 is 23.3. The molecule has 1 heterocycles. The van der Waals surface area contributed by atoms with Gasteiger partial charge < -0.3 is 14.7 Å². The number of piperidine rings is 1. The van der Waals surface area contributed by atoms with Crippen LogP contribution in [0.4, 0.5) is 4.79 Å². The zero-order valence-electron chi connectivity index (χ0n) is 14.9. The molecule has 2 unspecified atom stereocenters. The van der Waals surface area contributed by atoms with Crippen LogP contribution in [0.3, 0.4) is 0 Å². The van der Waals surface area contributed by atoms with Crippen LogP contribution < -0.4 is 0 Å². The largest absolute Gasteiger partial charge is 0.342 e. The van der Waals surface area contributed by atoms with Crippen molar-refractivity contribution in [2.45, 2.75) is 38.0 Å². The molecule has 0 aromatic rings. The number of rotatable bonds is 4. The quantitative estimate of drug-likeness (QED) is 0.748. The van der Waals surface area contributed by atoms with Gasteiger partial charge in [0.2, 0.25) is 5.91 Å². The molecule has 1 saturated heterocycles. The number of urea groups is 1. The van der Waals surface area contributed by atoms with Gasteiger partial charge in [-0.2, -0.15) is 0 Å². The Morgan fingerprint density at radius 1 is 1.09 bits per heavy atom. The molecule has 8 heteroatoms. The summed E-state index contributed by atoms with van der Waals surface area (Å²) in [5.74, 6) is -0.189. The Labute approximate surface area is 139 Å². The average molecular weight is 347 g/mol. The van der Waals surface area contributed by atoms with Crippen molar-refractivity contribution in [1.82, 2.24) is 14.7 Å². The number of likely N-dealkylation sites (tertiary alicyclic amines) is 1. The zero-order chi connectivity index (χ0) is 17.9. The van der Waals surface area contributed by atoms with E-state index in [0.717, 1.165) is 0 Å². The van der Waals surface area contributed by atoms with Crippen molar-refractivity contribution < 1.29 is 18.0 Å². The maximum absolute atomic E-state index is 12.6. The molecule has 1 aliphatic rings. The summed E-state index contributed by atoms with van der Waals surface area (Å²) >= 11 is 0. The summed E-state index contributed by atoms with van der Waals surface area (Å²) in [5.41, 5.74) is 0. The number of hydrogen-bond donors (Lipinski definition) is 0. The molecule has 1 fully saturated rings. The normalized spacial score (nSPS) is 19.1. The van der Waals surface area contributed by atoms with E-state index in [4.69, 9.17) is 0 Å². The van der Waals surface area contributed by atoms with Gasteiger partial charge in [-0.05, 0) is 26.7 Å². The molecule has 0 bridgehead atoms. The molecular weight excluding hydrogens is 318 g/mol. The van der Waals surface area contributed by atoms with Crippen LogP contribution in [0.1, 0.15) is 26.7 Å². The Morgan fingerprint density at radius 2 is 1.57 bits per heavy atom. The molecule has 0 radical (unpaired) electrons. The van der Waals surface area contributed by atoms with E-state index in [1.54, 1.807) is 44.8 Å². The molecule has 0 N–H and O–H groups in total. The molecule has 7 nitrogen and oxygen atoms in total. The van der Waals surface area contributed by atoms with Gasteiger partial charge in [0.15, 0.2) is 9.84 Å². The van der Waals surface area contributed by atoms with Crippen molar-refractivity contribution in [3.05, 3.63) is 0 Å². The van der Waals surface area contributed by atoms with Gasteiger partial charge in [0, 0.05) is 52.4 Å². The molecule has 0 spiro atoms. The first kappa shape index (κ1) is 19.7. The SMILES string of the molecule is CC(C(C)S(C)(=O)=O)N(C)C(=O)C1CCN(C(=O)N(C)C)CC1. The summed E-state index contributed by atoms with van der Waals surface area (Å²) in [6.07, 6.45) is 2.42. The molecule has 0 aromatic carbocycles. The topological polar surface area (TPSA) is 78.0 Å². The lowest BCUT2D eigenvalue weighted by Gasteiger charge is -2.36. The van der Waals surface area contributed by atoms with Crippen molar-refractivity contribution in [3.8, 4) is 0 Å². The number of amides is 3. The number of sulfone groups is 1. The highest BCUT2D eigenvalue weighted by Gasteiger charge is 2.34. The lowest BCUT2D eigenvalue weighted by molar-refractivity contribution is -0.137. The second kappa shape index (κ2) is 7.51. The lowest BCUT2D eigenvalue weighted by atomic mass is 9.95. The Hall–Kier alpha value is -1.31. The van der Waals surface area contributed by atoms with Gasteiger partial charge in [0.25, 0.3) is 0 Å². The van der Waals surface area contributed by atoms with Gasteiger partial charge in [-0.1, -0.05) is 0 Å². The molecule has 0 aliphatic carbocycles. The van der Waals surface area contributed by atoms with Crippen LogP contribution in [-0.2, 0) is 14.6 Å². The Morgan fingerprint density at radius 3 is 1.96 bits per heavy atom. The van der Waals surface area contributed by atoms with Crippen molar-refractivity contribution in [3.63, 3.8) is 0 Å². The van der Waals surface area contributed by atoms with Crippen LogP contribution in [0.2, 0.25) is 0 Å². The van der Waals surface area contributed by atoms with E-state index in [-0.39, 0.29) is 23.9 Å². The second-order valence-corrected chi connectivity index (χ2v) is 9.07. The molecule has 2 atom stereocenters. The van der Waals surface area contributed by atoms with Crippen molar-refractivity contribution >= 4 is 21.8 Å². The third kappa shape index (κ3) is 4.83. The maximum Gasteiger partial charge on any atom is 0.319 e. The van der Waals surface area contributed by atoms with Gasteiger partial charge in [0.05, 0.1) is 5.25 Å². The summed E-state index contributed by atoms with van der Waals surface area (Å²) in [5, 5.41) is -0.605. The summed E-state index contributed by atoms with van der Waals surface area (Å²) in [6, 6.07) is -0.415. The number of nitrogens with zero attached hydrogens (tertiary/aromatic N) is 3. The molecule has 0 aromatic heterocycles. The van der Waals surface area contributed by atoms with E-state index in [0.29, 0.717) is 25.9 Å². The van der Waals surface area contributed by atoms with Gasteiger partial charge in [0.1, 0.15) is 0 Å². The third-order valence-electron chi connectivity index (χ3n) is 4.81. The minimum atomic E-state index is -3.19. The highest BCUT2D eigenvalue weighted by atomic mass is 32.2. The van der Waals surface area contributed by atoms with Crippen LogP contribution in [0.25, 0.3) is 0 Å². The number of hydrogen-bond acceptors (Lipinski definition) is 4. The minimum Gasteiger partial charge on any atom is -0.342 e. The summed E-state index contributed by atoms with van der Waals surface area (Å²) in [6.45, 7) is 4.49. The third-order valence-corrected chi connectivity index (χ3v) is 6.56. The smallest absolute Gasteiger partial charge is 0.319 e. The summed E-state index contributed by atoms with van der Waals surface area (Å²) in [7, 11) is 1.89. The van der Waals surface area contributed by atoms with E-state index in [1.807, 2.05) is 0 Å². The number of carbonyl (C=O) groups excluding carboxylic acids is 2. The van der Waals surface area contributed by atoms with Crippen molar-refractivity contribution in [1.29, 1.82) is 0 Å². The van der Waals surface area contributed by atoms with Crippen LogP contribution in [0.15, 0.2) is 0 Å². The van der Waals surface area contributed by atoms with E-state index in [1.165, 1.54) is 11.2 Å². The van der Waals surface area contributed by atoms with Crippen molar-refractivity contribution in [2.75, 3.05) is 40.5 Å². The Balaban J connectivity index is 2.64. The molecule has 3 amide bonds. The molecule has 23 heavy (non-hydrogen) atoms.